The van der Waals surface area contributed by atoms with Crippen LogP contribution in [0.1, 0.15) is 23.3 Å². The maximum absolute atomic E-state index is 12.4. The standard InChI is InChI=1S/C13H17BrN4O2/c14-9-6-11(16-7-9)12(19)17-4-1-2-10(8-17)18-5-3-15-13(18)20/h6-7,10,16H,1-5,8H2,(H,15,20)/t10-/m1/s1. The highest BCUT2D eigenvalue weighted by atomic mass is 79.9. The molecule has 0 aromatic carbocycles. The van der Waals surface area contributed by atoms with Gasteiger partial charge in [-0.25, -0.2) is 4.79 Å². The van der Waals surface area contributed by atoms with E-state index < -0.39 is 0 Å². The number of carbonyl (C=O) groups excluding carboxylic acids is 2. The minimum absolute atomic E-state index is 0.00000472. The van der Waals surface area contributed by atoms with Crippen molar-refractivity contribution in [3.63, 3.8) is 0 Å². The van der Waals surface area contributed by atoms with Crippen LogP contribution in [0.3, 0.4) is 0 Å². The molecule has 0 radical (unpaired) electrons. The molecule has 0 aliphatic carbocycles. The summed E-state index contributed by atoms with van der Waals surface area (Å²) in [5, 5.41) is 2.82. The Labute approximate surface area is 125 Å². The van der Waals surface area contributed by atoms with Crippen LogP contribution in [0.15, 0.2) is 16.7 Å². The van der Waals surface area contributed by atoms with Crippen LogP contribution in [-0.4, -0.2) is 58.9 Å². The van der Waals surface area contributed by atoms with Gasteiger partial charge in [-0.05, 0) is 34.8 Å². The zero-order valence-electron chi connectivity index (χ0n) is 11.1. The van der Waals surface area contributed by atoms with Crippen LogP contribution in [-0.2, 0) is 0 Å². The second-order valence-electron chi connectivity index (χ2n) is 5.20. The Morgan fingerprint density at radius 2 is 2.25 bits per heavy atom. The zero-order chi connectivity index (χ0) is 14.1. The molecule has 3 rings (SSSR count). The summed E-state index contributed by atoms with van der Waals surface area (Å²) in [4.78, 5) is 30.8. The minimum Gasteiger partial charge on any atom is -0.356 e. The summed E-state index contributed by atoms with van der Waals surface area (Å²) in [5.74, 6) is 0.00000472. The number of hydrogen-bond donors (Lipinski definition) is 2. The maximum atomic E-state index is 12.4. The Morgan fingerprint density at radius 1 is 1.40 bits per heavy atom. The van der Waals surface area contributed by atoms with Gasteiger partial charge in [-0.2, -0.15) is 0 Å². The number of halogens is 1. The molecule has 2 fully saturated rings. The zero-order valence-corrected chi connectivity index (χ0v) is 12.6. The first-order chi connectivity index (χ1) is 9.65. The number of piperidine rings is 1. The van der Waals surface area contributed by atoms with E-state index >= 15 is 0 Å². The summed E-state index contributed by atoms with van der Waals surface area (Å²) in [6, 6.07) is 1.91. The van der Waals surface area contributed by atoms with Crippen molar-refractivity contribution >= 4 is 27.9 Å². The van der Waals surface area contributed by atoms with Gasteiger partial charge in [0.2, 0.25) is 0 Å². The minimum atomic E-state index is -0.00748. The monoisotopic (exact) mass is 340 g/mol. The number of nitrogens with one attached hydrogen (secondary N) is 2. The summed E-state index contributed by atoms with van der Waals surface area (Å²) in [6.07, 6.45) is 3.65. The van der Waals surface area contributed by atoms with Gasteiger partial charge in [0.1, 0.15) is 5.69 Å². The molecule has 3 amide bonds. The van der Waals surface area contributed by atoms with Gasteiger partial charge in [0.25, 0.3) is 5.91 Å². The average molecular weight is 341 g/mol. The van der Waals surface area contributed by atoms with E-state index in [-0.39, 0.29) is 18.0 Å². The van der Waals surface area contributed by atoms with Crippen molar-refractivity contribution in [2.24, 2.45) is 0 Å². The molecule has 0 unspecified atom stereocenters. The van der Waals surface area contributed by atoms with Gasteiger partial charge >= 0.3 is 6.03 Å². The molecule has 108 valence electrons. The first-order valence-corrected chi connectivity index (χ1v) is 7.62. The molecule has 3 heterocycles. The molecule has 2 aliphatic heterocycles. The first kappa shape index (κ1) is 13.5. The second-order valence-corrected chi connectivity index (χ2v) is 6.12. The highest BCUT2D eigenvalue weighted by Gasteiger charge is 2.33. The van der Waals surface area contributed by atoms with Crippen LogP contribution in [0.4, 0.5) is 4.79 Å². The Bertz CT molecular complexity index is 530. The molecule has 2 aliphatic rings. The summed E-state index contributed by atoms with van der Waals surface area (Å²) in [7, 11) is 0. The van der Waals surface area contributed by atoms with Crippen molar-refractivity contribution in [2.45, 2.75) is 18.9 Å². The molecule has 20 heavy (non-hydrogen) atoms. The van der Waals surface area contributed by atoms with Crippen molar-refractivity contribution in [1.82, 2.24) is 20.1 Å². The fraction of sp³-hybridized carbons (Fsp3) is 0.538. The van der Waals surface area contributed by atoms with Crippen molar-refractivity contribution in [3.05, 3.63) is 22.4 Å². The van der Waals surface area contributed by atoms with Crippen LogP contribution in [0.5, 0.6) is 0 Å². The van der Waals surface area contributed by atoms with Crippen LogP contribution in [0.25, 0.3) is 0 Å². The second kappa shape index (κ2) is 5.47. The summed E-state index contributed by atoms with van der Waals surface area (Å²) < 4.78 is 0.869. The molecule has 1 aromatic rings. The summed E-state index contributed by atoms with van der Waals surface area (Å²) >= 11 is 3.33. The number of aromatic amines is 1. The topological polar surface area (TPSA) is 68.4 Å². The molecule has 0 bridgehead atoms. The molecule has 1 aromatic heterocycles. The number of likely N-dealkylation sites (tertiary alicyclic amines) is 1. The van der Waals surface area contributed by atoms with Gasteiger partial charge in [-0.3, -0.25) is 4.79 Å². The van der Waals surface area contributed by atoms with Gasteiger partial charge < -0.3 is 20.1 Å². The molecule has 6 nitrogen and oxygen atoms in total. The predicted molar refractivity (Wildman–Crippen MR) is 77.5 cm³/mol. The molecule has 1 atom stereocenters. The highest BCUT2D eigenvalue weighted by molar-refractivity contribution is 9.10. The normalized spacial score (nSPS) is 23.1. The lowest BCUT2D eigenvalue weighted by Gasteiger charge is -2.36. The summed E-state index contributed by atoms with van der Waals surface area (Å²) in [6.45, 7) is 2.80. The lowest BCUT2D eigenvalue weighted by molar-refractivity contribution is 0.0629. The van der Waals surface area contributed by atoms with E-state index in [9.17, 15) is 9.59 Å². The van der Waals surface area contributed by atoms with E-state index in [4.69, 9.17) is 0 Å². The van der Waals surface area contributed by atoms with Crippen LogP contribution in [0, 0.1) is 0 Å². The molecular weight excluding hydrogens is 324 g/mol. The van der Waals surface area contributed by atoms with Gasteiger partial charge in [0, 0.05) is 36.8 Å². The van der Waals surface area contributed by atoms with Crippen molar-refractivity contribution in [3.8, 4) is 0 Å². The molecule has 0 saturated carbocycles. The number of amides is 3. The molecule has 2 saturated heterocycles. The van der Waals surface area contributed by atoms with E-state index in [0.29, 0.717) is 18.8 Å². The third-order valence-corrected chi connectivity index (χ3v) is 4.35. The van der Waals surface area contributed by atoms with E-state index in [1.54, 1.807) is 12.3 Å². The van der Waals surface area contributed by atoms with Crippen molar-refractivity contribution < 1.29 is 9.59 Å². The Morgan fingerprint density at radius 3 is 2.90 bits per heavy atom. The van der Waals surface area contributed by atoms with Gasteiger partial charge in [-0.1, -0.05) is 0 Å². The average Bonchev–Trinajstić information content (AvgIpc) is 3.07. The third-order valence-electron chi connectivity index (χ3n) is 3.89. The number of hydrogen-bond acceptors (Lipinski definition) is 2. The fourth-order valence-corrected chi connectivity index (χ4v) is 3.23. The largest absolute Gasteiger partial charge is 0.356 e. The quantitative estimate of drug-likeness (QED) is 0.854. The van der Waals surface area contributed by atoms with Gasteiger partial charge in [0.05, 0.1) is 6.04 Å². The van der Waals surface area contributed by atoms with Gasteiger partial charge in [0.15, 0.2) is 0 Å². The van der Waals surface area contributed by atoms with E-state index in [2.05, 4.69) is 26.2 Å². The Kier molecular flexibility index (Phi) is 3.69. The molecule has 7 heteroatoms. The predicted octanol–water partition coefficient (Wildman–Crippen LogP) is 1.41. The van der Waals surface area contributed by atoms with Crippen molar-refractivity contribution in [2.75, 3.05) is 26.2 Å². The van der Waals surface area contributed by atoms with Crippen molar-refractivity contribution in [1.29, 1.82) is 0 Å². The first-order valence-electron chi connectivity index (χ1n) is 6.83. The maximum Gasteiger partial charge on any atom is 0.317 e. The van der Waals surface area contributed by atoms with E-state index in [1.165, 1.54) is 0 Å². The van der Waals surface area contributed by atoms with E-state index in [0.717, 1.165) is 30.4 Å². The lowest BCUT2D eigenvalue weighted by atomic mass is 10.0. The van der Waals surface area contributed by atoms with E-state index in [1.807, 2.05) is 9.80 Å². The Hall–Kier alpha value is -1.50. The number of aromatic nitrogens is 1. The third kappa shape index (κ3) is 2.54. The molecular formula is C13H17BrN4O2. The smallest absolute Gasteiger partial charge is 0.317 e. The van der Waals surface area contributed by atoms with Gasteiger partial charge in [-0.15, -0.1) is 0 Å². The number of rotatable bonds is 2. The SMILES string of the molecule is O=C(c1cc(Br)c[nH]1)N1CCC[C@@H](N2CCNC2=O)C1. The number of carbonyl (C=O) groups is 2. The molecule has 0 spiro atoms. The number of urea groups is 1. The fourth-order valence-electron chi connectivity index (χ4n) is 2.89. The Balaban J connectivity index is 1.68. The highest BCUT2D eigenvalue weighted by Crippen LogP contribution is 2.20. The van der Waals surface area contributed by atoms with Crippen LogP contribution >= 0.6 is 15.9 Å². The number of nitrogens with zero attached hydrogens (tertiary/aromatic N) is 2. The number of H-pyrrole nitrogens is 1. The summed E-state index contributed by atoms with van der Waals surface area (Å²) in [5.41, 5.74) is 0.586. The lowest BCUT2D eigenvalue weighted by Crippen LogP contribution is -2.50. The van der Waals surface area contributed by atoms with Crippen LogP contribution in [0.2, 0.25) is 0 Å². The molecule has 2 N–H and O–H groups in total. The van der Waals surface area contributed by atoms with Crippen LogP contribution < -0.4 is 5.32 Å².